The molecule has 0 saturated heterocycles. The molecular formula is C25H23F3NO8P. The normalized spacial score (nSPS) is 14.1. The summed E-state index contributed by atoms with van der Waals surface area (Å²) in [5, 5.41) is 9.97. The Kier molecular flexibility index (Phi) is 7.67. The van der Waals surface area contributed by atoms with Crippen LogP contribution in [0, 0.1) is 0 Å². The summed E-state index contributed by atoms with van der Waals surface area (Å²) in [6.07, 6.45) is -4.20. The summed E-state index contributed by atoms with van der Waals surface area (Å²) >= 11 is 0. The van der Waals surface area contributed by atoms with Crippen molar-refractivity contribution in [3.05, 3.63) is 82.0 Å². The summed E-state index contributed by atoms with van der Waals surface area (Å²) in [6.45, 7) is -1.18. The summed E-state index contributed by atoms with van der Waals surface area (Å²) in [5.41, 5.74) is 4.49. The molecule has 4 rings (SSSR count). The van der Waals surface area contributed by atoms with Gasteiger partial charge in [0.25, 0.3) is 0 Å². The Hall–Kier alpha value is -3.25. The van der Waals surface area contributed by atoms with E-state index in [9.17, 15) is 27.6 Å². The molecule has 38 heavy (non-hydrogen) atoms. The van der Waals surface area contributed by atoms with Crippen molar-refractivity contribution in [3.8, 4) is 11.5 Å². The lowest BCUT2D eigenvalue weighted by Gasteiger charge is -2.27. The smallest absolute Gasteiger partial charge is 0.457 e. The lowest BCUT2D eigenvalue weighted by Crippen LogP contribution is -2.48. The Bertz CT molecular complexity index is 1580. The number of aliphatic hydroxyl groups is 1. The van der Waals surface area contributed by atoms with Crippen LogP contribution in [0.4, 0.5) is 13.2 Å². The lowest BCUT2D eigenvalue weighted by atomic mass is 9.93. The Labute approximate surface area is 213 Å². The minimum atomic E-state index is -4.78. The van der Waals surface area contributed by atoms with Crippen LogP contribution in [0.1, 0.15) is 17.5 Å². The molecule has 1 aromatic heterocycles. The molecule has 0 aliphatic heterocycles. The van der Waals surface area contributed by atoms with Crippen molar-refractivity contribution in [1.29, 1.82) is 0 Å². The molecule has 1 atom stereocenters. The number of hydrogen-bond acceptors (Lipinski definition) is 7. The van der Waals surface area contributed by atoms with Crippen LogP contribution in [-0.2, 0) is 21.7 Å². The van der Waals surface area contributed by atoms with Crippen LogP contribution >= 0.6 is 7.82 Å². The number of halogens is 3. The maximum absolute atomic E-state index is 13.3. The molecule has 0 aliphatic carbocycles. The molecule has 1 unspecified atom stereocenters. The number of phosphoric acid groups is 1. The van der Waals surface area contributed by atoms with Gasteiger partial charge < -0.3 is 29.8 Å². The van der Waals surface area contributed by atoms with Gasteiger partial charge in [-0.2, -0.15) is 13.2 Å². The molecule has 0 radical (unpaired) electrons. The van der Waals surface area contributed by atoms with E-state index in [-0.39, 0.29) is 40.7 Å². The minimum Gasteiger partial charge on any atom is -0.457 e. The average Bonchev–Trinajstić information content (AvgIpc) is 2.86. The second kappa shape index (κ2) is 10.5. The third kappa shape index (κ3) is 6.60. The zero-order valence-corrected chi connectivity index (χ0v) is 20.5. The van der Waals surface area contributed by atoms with Crippen LogP contribution in [0.2, 0.25) is 0 Å². The number of rotatable bonds is 9. The Morgan fingerprint density at radius 2 is 1.61 bits per heavy atom. The first-order valence-corrected chi connectivity index (χ1v) is 12.7. The van der Waals surface area contributed by atoms with Crippen molar-refractivity contribution in [2.45, 2.75) is 24.6 Å². The first-order chi connectivity index (χ1) is 17.8. The summed E-state index contributed by atoms with van der Waals surface area (Å²) in [6, 6.07) is 13.5. The van der Waals surface area contributed by atoms with Crippen LogP contribution < -0.4 is 15.9 Å². The summed E-state index contributed by atoms with van der Waals surface area (Å²) in [5.74, 6) is 0.0871. The van der Waals surface area contributed by atoms with Crippen LogP contribution in [0.15, 0.2) is 69.9 Å². The fourth-order valence-electron chi connectivity index (χ4n) is 3.78. The topological polar surface area (TPSA) is 152 Å². The third-order valence-electron chi connectivity index (χ3n) is 5.85. The molecule has 0 amide bonds. The molecule has 0 bridgehead atoms. The molecule has 202 valence electrons. The highest BCUT2D eigenvalue weighted by Crippen LogP contribution is 2.37. The van der Waals surface area contributed by atoms with Crippen molar-refractivity contribution in [2.24, 2.45) is 5.73 Å². The van der Waals surface area contributed by atoms with Crippen molar-refractivity contribution in [3.63, 3.8) is 0 Å². The molecule has 3 aromatic carbocycles. The lowest BCUT2D eigenvalue weighted by molar-refractivity contribution is -0.137. The van der Waals surface area contributed by atoms with Gasteiger partial charge >= 0.3 is 14.0 Å². The quantitative estimate of drug-likeness (QED) is 0.174. The molecule has 5 N–H and O–H groups in total. The summed E-state index contributed by atoms with van der Waals surface area (Å²) in [4.78, 5) is 31.1. The largest absolute Gasteiger partial charge is 0.469 e. The number of ether oxygens (including phenoxy) is 1. The fraction of sp³-hybridized carbons (Fsp3) is 0.240. The molecule has 4 aromatic rings. The number of nitrogens with two attached hydrogens (primary N) is 1. The molecule has 0 fully saturated rings. The second-order valence-electron chi connectivity index (χ2n) is 8.83. The van der Waals surface area contributed by atoms with Crippen LogP contribution in [0.25, 0.3) is 21.9 Å². The van der Waals surface area contributed by atoms with E-state index in [2.05, 4.69) is 4.52 Å². The third-order valence-corrected chi connectivity index (χ3v) is 6.31. The molecule has 0 spiro atoms. The van der Waals surface area contributed by atoms with Crippen molar-refractivity contribution in [2.75, 3.05) is 13.2 Å². The molecule has 1 heterocycles. The molecule has 13 heteroatoms. The van der Waals surface area contributed by atoms with Crippen LogP contribution in [0.5, 0.6) is 11.5 Å². The predicted molar refractivity (Wildman–Crippen MR) is 132 cm³/mol. The highest BCUT2D eigenvalue weighted by Gasteiger charge is 2.31. The van der Waals surface area contributed by atoms with Gasteiger partial charge in [-0.3, -0.25) is 9.32 Å². The van der Waals surface area contributed by atoms with E-state index in [1.807, 2.05) is 0 Å². The van der Waals surface area contributed by atoms with E-state index in [1.54, 1.807) is 18.2 Å². The number of aliphatic hydroxyl groups excluding tert-OH is 1. The highest BCUT2D eigenvalue weighted by atomic mass is 31.2. The SMILES string of the molecule is NC(CO)(CCc1ccc2oc3ccc(Oc4cccc(C(F)(F)F)c4)cc3c(=O)c2c1)COP(=O)(O)O. The van der Waals surface area contributed by atoms with Gasteiger partial charge in [-0.1, -0.05) is 12.1 Å². The van der Waals surface area contributed by atoms with Gasteiger partial charge in [-0.15, -0.1) is 0 Å². The maximum Gasteiger partial charge on any atom is 0.469 e. The number of aryl methyl sites for hydroxylation is 1. The second-order valence-corrected chi connectivity index (χ2v) is 10.1. The number of benzene rings is 3. The van der Waals surface area contributed by atoms with Gasteiger partial charge in [0, 0.05) is 0 Å². The summed E-state index contributed by atoms with van der Waals surface area (Å²) in [7, 11) is -4.78. The Balaban J connectivity index is 1.60. The predicted octanol–water partition coefficient (Wildman–Crippen LogP) is 4.49. The van der Waals surface area contributed by atoms with E-state index in [0.29, 0.717) is 11.1 Å². The average molecular weight is 553 g/mol. The first-order valence-electron chi connectivity index (χ1n) is 11.2. The molecule has 0 saturated carbocycles. The van der Waals surface area contributed by atoms with Gasteiger partial charge in [0.2, 0.25) is 5.43 Å². The van der Waals surface area contributed by atoms with Gasteiger partial charge in [0.1, 0.15) is 22.7 Å². The standard InChI is InChI=1S/C25H23F3NO8P/c26-25(27,28)16-2-1-3-17(11-16)36-18-5-7-22-20(12-18)23(31)19-10-15(4-6-21(19)37-22)8-9-24(29,13-30)14-35-38(32,33)34/h1-7,10-12,30H,8-9,13-14,29H2,(H2,32,33,34). The van der Waals surface area contributed by atoms with E-state index in [1.165, 1.54) is 30.3 Å². The number of alkyl halides is 3. The number of hydrogen-bond donors (Lipinski definition) is 4. The van der Waals surface area contributed by atoms with Gasteiger partial charge in [-0.05, 0) is 66.9 Å². The number of fused-ring (bicyclic) bond motifs is 2. The Morgan fingerprint density at radius 3 is 2.26 bits per heavy atom. The van der Waals surface area contributed by atoms with E-state index in [0.717, 1.165) is 12.1 Å². The molecule has 0 aliphatic rings. The Morgan fingerprint density at radius 1 is 0.947 bits per heavy atom. The molecular weight excluding hydrogens is 530 g/mol. The maximum atomic E-state index is 13.3. The first kappa shape index (κ1) is 27.8. The van der Waals surface area contributed by atoms with Crippen LogP contribution in [-0.4, -0.2) is 33.6 Å². The summed E-state index contributed by atoms with van der Waals surface area (Å²) < 4.78 is 65.8. The number of phosphoric ester groups is 1. The van der Waals surface area contributed by atoms with Crippen molar-refractivity contribution >= 4 is 29.8 Å². The fourth-order valence-corrected chi connectivity index (χ4v) is 4.20. The van der Waals surface area contributed by atoms with Crippen molar-refractivity contribution < 1.29 is 46.3 Å². The monoisotopic (exact) mass is 553 g/mol. The van der Waals surface area contributed by atoms with Crippen LogP contribution in [0.3, 0.4) is 0 Å². The highest BCUT2D eigenvalue weighted by molar-refractivity contribution is 7.46. The van der Waals surface area contributed by atoms with E-state index >= 15 is 0 Å². The van der Waals surface area contributed by atoms with E-state index < -0.39 is 43.7 Å². The molecule has 9 nitrogen and oxygen atoms in total. The van der Waals surface area contributed by atoms with E-state index in [4.69, 9.17) is 24.7 Å². The zero-order valence-electron chi connectivity index (χ0n) is 19.6. The van der Waals surface area contributed by atoms with Gasteiger partial charge in [0.05, 0.1) is 35.1 Å². The minimum absolute atomic E-state index is 0.0523. The van der Waals surface area contributed by atoms with Gasteiger partial charge in [-0.25, -0.2) is 4.57 Å². The van der Waals surface area contributed by atoms with Crippen molar-refractivity contribution in [1.82, 2.24) is 0 Å². The van der Waals surface area contributed by atoms with Gasteiger partial charge in [0.15, 0.2) is 0 Å². The zero-order chi connectivity index (χ0) is 27.7.